The second-order valence-corrected chi connectivity index (χ2v) is 7.64. The standard InChI is InChI=1S/C19H19ClN2O5S/c1-3-10-21-28(24,25)15-7-4-6-14(13-15)19(23)22-17-9-5-8-16(20)18(17)27-12-11-26-2/h1,4-9,13,21H,10-12H2,2H3,(H,22,23). The molecule has 0 aromatic heterocycles. The number of amides is 1. The summed E-state index contributed by atoms with van der Waals surface area (Å²) in [5.41, 5.74) is 0.499. The van der Waals surface area contributed by atoms with Gasteiger partial charge in [0.15, 0.2) is 5.75 Å². The Kier molecular flexibility index (Phi) is 7.84. The molecular formula is C19H19ClN2O5S. The number of nitrogens with one attached hydrogen (secondary N) is 2. The van der Waals surface area contributed by atoms with Gasteiger partial charge in [-0.05, 0) is 30.3 Å². The van der Waals surface area contributed by atoms with E-state index in [1.54, 1.807) is 18.2 Å². The summed E-state index contributed by atoms with van der Waals surface area (Å²) in [6.07, 6.45) is 5.08. The summed E-state index contributed by atoms with van der Waals surface area (Å²) in [5.74, 6) is 1.97. The number of ether oxygens (including phenoxy) is 2. The van der Waals surface area contributed by atoms with E-state index in [-0.39, 0.29) is 23.6 Å². The number of halogens is 1. The normalized spacial score (nSPS) is 10.9. The van der Waals surface area contributed by atoms with Crippen LogP contribution in [-0.2, 0) is 14.8 Å². The van der Waals surface area contributed by atoms with Crippen LogP contribution in [0.1, 0.15) is 10.4 Å². The average Bonchev–Trinajstić information content (AvgIpc) is 2.68. The third-order valence-corrected chi connectivity index (χ3v) is 5.22. The van der Waals surface area contributed by atoms with Crippen LogP contribution in [0.4, 0.5) is 5.69 Å². The number of terminal acetylenes is 1. The van der Waals surface area contributed by atoms with Gasteiger partial charge in [0.25, 0.3) is 5.91 Å². The van der Waals surface area contributed by atoms with Crippen molar-refractivity contribution in [3.63, 3.8) is 0 Å². The van der Waals surface area contributed by atoms with Crippen molar-refractivity contribution in [1.82, 2.24) is 4.72 Å². The highest BCUT2D eigenvalue weighted by molar-refractivity contribution is 7.89. The van der Waals surface area contributed by atoms with Gasteiger partial charge in [-0.25, -0.2) is 8.42 Å². The topological polar surface area (TPSA) is 93.7 Å². The minimum Gasteiger partial charge on any atom is -0.487 e. The summed E-state index contributed by atoms with van der Waals surface area (Å²) < 4.78 is 37.1. The van der Waals surface area contributed by atoms with Crippen LogP contribution < -0.4 is 14.8 Å². The number of sulfonamides is 1. The van der Waals surface area contributed by atoms with E-state index in [0.29, 0.717) is 23.1 Å². The minimum absolute atomic E-state index is 0.0712. The molecule has 0 atom stereocenters. The first-order valence-corrected chi connectivity index (χ1v) is 10.00. The minimum atomic E-state index is -3.81. The highest BCUT2D eigenvalue weighted by atomic mass is 35.5. The van der Waals surface area contributed by atoms with Crippen LogP contribution in [-0.4, -0.2) is 41.2 Å². The molecule has 0 aliphatic rings. The van der Waals surface area contributed by atoms with E-state index in [1.165, 1.54) is 31.4 Å². The summed E-state index contributed by atoms with van der Waals surface area (Å²) in [4.78, 5) is 12.5. The van der Waals surface area contributed by atoms with E-state index in [2.05, 4.69) is 16.0 Å². The molecule has 2 N–H and O–H groups in total. The highest BCUT2D eigenvalue weighted by Gasteiger charge is 2.17. The Balaban J connectivity index is 2.24. The Morgan fingerprint density at radius 3 is 2.68 bits per heavy atom. The molecule has 0 fully saturated rings. The lowest BCUT2D eigenvalue weighted by Gasteiger charge is -2.14. The van der Waals surface area contributed by atoms with E-state index < -0.39 is 15.9 Å². The van der Waals surface area contributed by atoms with Gasteiger partial charge in [-0.1, -0.05) is 29.7 Å². The first-order chi connectivity index (χ1) is 13.4. The summed E-state index contributed by atoms with van der Waals surface area (Å²) in [5, 5.41) is 3.00. The van der Waals surface area contributed by atoms with Crippen LogP contribution in [0.15, 0.2) is 47.4 Å². The van der Waals surface area contributed by atoms with E-state index in [0.717, 1.165) is 0 Å². The van der Waals surface area contributed by atoms with Crippen LogP contribution in [0.2, 0.25) is 5.02 Å². The first-order valence-electron chi connectivity index (χ1n) is 8.14. The summed E-state index contributed by atoms with van der Waals surface area (Å²) in [6.45, 7) is 0.449. The molecule has 0 bridgehead atoms. The Morgan fingerprint density at radius 2 is 1.96 bits per heavy atom. The number of carbonyl (C=O) groups is 1. The Bertz CT molecular complexity index is 986. The zero-order valence-electron chi connectivity index (χ0n) is 15.1. The van der Waals surface area contributed by atoms with Gasteiger partial charge in [-0.15, -0.1) is 6.42 Å². The van der Waals surface area contributed by atoms with E-state index in [9.17, 15) is 13.2 Å². The van der Waals surface area contributed by atoms with Crippen LogP contribution in [0.3, 0.4) is 0 Å². The van der Waals surface area contributed by atoms with Gasteiger partial charge in [-0.3, -0.25) is 4.79 Å². The quantitative estimate of drug-likeness (QED) is 0.478. The molecule has 2 aromatic rings. The third-order valence-electron chi connectivity index (χ3n) is 3.52. The summed E-state index contributed by atoms with van der Waals surface area (Å²) in [7, 11) is -2.27. The lowest BCUT2D eigenvalue weighted by Crippen LogP contribution is -2.24. The molecular weight excluding hydrogens is 404 g/mol. The fourth-order valence-electron chi connectivity index (χ4n) is 2.20. The molecule has 0 saturated heterocycles. The third kappa shape index (κ3) is 5.71. The Labute approximate surface area is 169 Å². The van der Waals surface area contributed by atoms with Crippen LogP contribution in [0.25, 0.3) is 0 Å². The average molecular weight is 423 g/mol. The zero-order valence-corrected chi connectivity index (χ0v) is 16.6. The van der Waals surface area contributed by atoms with E-state index in [1.807, 2.05) is 0 Å². The molecule has 0 radical (unpaired) electrons. The van der Waals surface area contributed by atoms with E-state index in [4.69, 9.17) is 27.5 Å². The van der Waals surface area contributed by atoms with Crippen LogP contribution >= 0.6 is 11.6 Å². The van der Waals surface area contributed by atoms with Crippen molar-refractivity contribution in [2.45, 2.75) is 4.90 Å². The first kappa shape index (κ1) is 21.7. The lowest BCUT2D eigenvalue weighted by molar-refractivity contribution is 0.102. The SMILES string of the molecule is C#CCNS(=O)(=O)c1cccc(C(=O)Nc2cccc(Cl)c2OCCOC)c1. The number of anilines is 1. The number of rotatable bonds is 9. The van der Waals surface area contributed by atoms with Gasteiger partial charge in [0.2, 0.25) is 10.0 Å². The molecule has 1 amide bonds. The maximum atomic E-state index is 12.6. The molecule has 9 heteroatoms. The van der Waals surface area contributed by atoms with Crippen molar-refractivity contribution in [3.05, 3.63) is 53.1 Å². The number of hydrogen-bond acceptors (Lipinski definition) is 5. The molecule has 0 saturated carbocycles. The molecule has 148 valence electrons. The molecule has 28 heavy (non-hydrogen) atoms. The van der Waals surface area contributed by atoms with Gasteiger partial charge >= 0.3 is 0 Å². The Morgan fingerprint density at radius 1 is 1.21 bits per heavy atom. The number of benzene rings is 2. The zero-order chi connectivity index (χ0) is 20.6. The maximum Gasteiger partial charge on any atom is 0.255 e. The molecule has 2 rings (SSSR count). The molecule has 0 unspecified atom stereocenters. The maximum absolute atomic E-state index is 12.6. The van der Waals surface area contributed by atoms with Gasteiger partial charge < -0.3 is 14.8 Å². The molecule has 0 spiro atoms. The fourth-order valence-corrected chi connectivity index (χ4v) is 3.41. The monoisotopic (exact) mass is 422 g/mol. The highest BCUT2D eigenvalue weighted by Crippen LogP contribution is 2.33. The number of hydrogen-bond donors (Lipinski definition) is 2. The molecule has 2 aromatic carbocycles. The summed E-state index contributed by atoms with van der Waals surface area (Å²) in [6, 6.07) is 10.5. The number of para-hydroxylation sites is 1. The number of methoxy groups -OCH3 is 1. The summed E-state index contributed by atoms with van der Waals surface area (Å²) >= 11 is 6.15. The largest absolute Gasteiger partial charge is 0.487 e. The number of carbonyl (C=O) groups excluding carboxylic acids is 1. The molecule has 0 heterocycles. The predicted molar refractivity (Wildman–Crippen MR) is 107 cm³/mol. The smallest absolute Gasteiger partial charge is 0.255 e. The van der Waals surface area contributed by atoms with Crippen molar-refractivity contribution >= 4 is 33.2 Å². The second kappa shape index (κ2) is 10.1. The van der Waals surface area contributed by atoms with Crippen LogP contribution in [0, 0.1) is 12.3 Å². The van der Waals surface area contributed by atoms with Crippen molar-refractivity contribution < 1.29 is 22.7 Å². The van der Waals surface area contributed by atoms with Gasteiger partial charge in [0.1, 0.15) is 6.61 Å². The molecule has 0 aliphatic heterocycles. The van der Waals surface area contributed by atoms with Crippen LogP contribution in [0.5, 0.6) is 5.75 Å². The van der Waals surface area contributed by atoms with Crippen molar-refractivity contribution in [3.8, 4) is 18.1 Å². The van der Waals surface area contributed by atoms with Crippen molar-refractivity contribution in [2.75, 3.05) is 32.2 Å². The molecule has 0 aliphatic carbocycles. The van der Waals surface area contributed by atoms with Gasteiger partial charge in [0, 0.05) is 12.7 Å². The van der Waals surface area contributed by atoms with E-state index >= 15 is 0 Å². The van der Waals surface area contributed by atoms with Crippen molar-refractivity contribution in [2.24, 2.45) is 0 Å². The second-order valence-electron chi connectivity index (χ2n) is 5.47. The van der Waals surface area contributed by atoms with Gasteiger partial charge in [0.05, 0.1) is 28.8 Å². The lowest BCUT2D eigenvalue weighted by atomic mass is 10.2. The van der Waals surface area contributed by atoms with Crippen molar-refractivity contribution in [1.29, 1.82) is 0 Å². The predicted octanol–water partition coefficient (Wildman–Crippen LogP) is 2.53. The molecule has 7 nitrogen and oxygen atoms in total. The van der Waals surface area contributed by atoms with Gasteiger partial charge in [-0.2, -0.15) is 4.72 Å². The Hall–Kier alpha value is -2.57. The fraction of sp³-hybridized carbons (Fsp3) is 0.211.